The Morgan fingerprint density at radius 3 is 2.64 bits per heavy atom. The van der Waals surface area contributed by atoms with E-state index in [0.717, 1.165) is 21.7 Å². The largest absolute Gasteiger partial charge is 0.439 e. The molecule has 0 aliphatic carbocycles. The van der Waals surface area contributed by atoms with Gasteiger partial charge in [0.25, 0.3) is 0 Å². The zero-order chi connectivity index (χ0) is 15.5. The van der Waals surface area contributed by atoms with Gasteiger partial charge in [-0.3, -0.25) is 4.90 Å². The summed E-state index contributed by atoms with van der Waals surface area (Å²) in [7, 11) is 2.06. The van der Waals surface area contributed by atoms with Crippen LogP contribution in [-0.2, 0) is 13.1 Å². The van der Waals surface area contributed by atoms with Crippen molar-refractivity contribution in [2.24, 2.45) is 0 Å². The Kier molecular flexibility index (Phi) is 4.98. The Bertz CT molecular complexity index is 754. The van der Waals surface area contributed by atoms with Crippen LogP contribution in [0.15, 0.2) is 50.8 Å². The molecule has 0 bridgehead atoms. The van der Waals surface area contributed by atoms with E-state index in [1.165, 1.54) is 4.88 Å². The van der Waals surface area contributed by atoms with E-state index in [-0.39, 0.29) is 0 Å². The first kappa shape index (κ1) is 15.7. The first-order valence-corrected chi connectivity index (χ1v) is 8.72. The van der Waals surface area contributed by atoms with Crippen LogP contribution in [0.5, 0.6) is 0 Å². The van der Waals surface area contributed by atoms with Crippen LogP contribution in [0.3, 0.4) is 0 Å². The molecule has 0 amide bonds. The van der Waals surface area contributed by atoms with Gasteiger partial charge in [0.1, 0.15) is 0 Å². The third-order valence-corrected chi connectivity index (χ3v) is 5.00. The van der Waals surface area contributed by atoms with Gasteiger partial charge < -0.3 is 4.42 Å². The summed E-state index contributed by atoms with van der Waals surface area (Å²) in [5, 5.41) is 0.713. The molecule has 2 heterocycles. The van der Waals surface area contributed by atoms with Gasteiger partial charge in [0.05, 0.1) is 16.5 Å². The second-order valence-electron chi connectivity index (χ2n) is 5.00. The number of benzene rings is 1. The minimum absolute atomic E-state index is 0.670. The Labute approximate surface area is 146 Å². The van der Waals surface area contributed by atoms with Gasteiger partial charge in [-0.2, -0.15) is 0 Å². The van der Waals surface area contributed by atoms with Crippen LogP contribution >= 0.6 is 38.9 Å². The van der Waals surface area contributed by atoms with E-state index in [9.17, 15) is 0 Å². The van der Waals surface area contributed by atoms with Crippen molar-refractivity contribution in [1.29, 1.82) is 0 Å². The second-order valence-corrected chi connectivity index (χ2v) is 7.99. The van der Waals surface area contributed by atoms with E-state index in [1.54, 1.807) is 17.5 Å². The van der Waals surface area contributed by atoms with Crippen LogP contribution in [0.2, 0.25) is 5.02 Å². The van der Waals surface area contributed by atoms with Crippen molar-refractivity contribution in [1.82, 2.24) is 9.88 Å². The molecule has 0 saturated heterocycles. The molecule has 0 saturated carbocycles. The van der Waals surface area contributed by atoms with Crippen LogP contribution in [0, 0.1) is 0 Å². The molecule has 0 atom stereocenters. The van der Waals surface area contributed by atoms with Gasteiger partial charge in [0.15, 0.2) is 5.76 Å². The highest BCUT2D eigenvalue weighted by Crippen LogP contribution is 2.25. The summed E-state index contributed by atoms with van der Waals surface area (Å²) >= 11 is 11.1. The van der Waals surface area contributed by atoms with Crippen molar-refractivity contribution >= 4 is 38.9 Å². The monoisotopic (exact) mass is 396 g/mol. The van der Waals surface area contributed by atoms with E-state index >= 15 is 0 Å². The first-order chi connectivity index (χ1) is 10.6. The summed E-state index contributed by atoms with van der Waals surface area (Å²) in [6.45, 7) is 1.54. The van der Waals surface area contributed by atoms with Gasteiger partial charge in [-0.1, -0.05) is 11.6 Å². The average Bonchev–Trinajstić information content (AvgIpc) is 3.09. The van der Waals surface area contributed by atoms with E-state index in [4.69, 9.17) is 16.0 Å². The standard InChI is InChI=1S/C16H14BrClN2OS/c1-20(9-13-6-7-15(17)22-13)10-16-19-8-14(21-16)11-2-4-12(18)5-3-11/h2-8H,9-10H2,1H3. The zero-order valence-electron chi connectivity index (χ0n) is 11.9. The Balaban J connectivity index is 1.65. The summed E-state index contributed by atoms with van der Waals surface area (Å²) in [5.41, 5.74) is 0.980. The van der Waals surface area contributed by atoms with Crippen molar-refractivity contribution in [3.05, 3.63) is 62.2 Å². The van der Waals surface area contributed by atoms with Crippen LogP contribution < -0.4 is 0 Å². The van der Waals surface area contributed by atoms with Gasteiger partial charge in [-0.25, -0.2) is 4.98 Å². The number of halogens is 2. The molecular weight excluding hydrogens is 384 g/mol. The number of hydrogen-bond donors (Lipinski definition) is 0. The lowest BCUT2D eigenvalue weighted by Gasteiger charge is -2.12. The number of rotatable bonds is 5. The summed E-state index contributed by atoms with van der Waals surface area (Å²) in [6, 6.07) is 11.7. The smallest absolute Gasteiger partial charge is 0.209 e. The molecule has 22 heavy (non-hydrogen) atoms. The minimum atomic E-state index is 0.670. The molecular formula is C16H14BrClN2OS. The van der Waals surface area contributed by atoms with Gasteiger partial charge in [0.2, 0.25) is 5.89 Å². The topological polar surface area (TPSA) is 29.3 Å². The fourth-order valence-corrected chi connectivity index (χ4v) is 3.81. The fraction of sp³-hybridized carbons (Fsp3) is 0.188. The van der Waals surface area contributed by atoms with E-state index in [2.05, 4.69) is 45.0 Å². The van der Waals surface area contributed by atoms with Crippen molar-refractivity contribution in [3.63, 3.8) is 0 Å². The molecule has 0 aliphatic rings. The molecule has 0 fully saturated rings. The molecule has 0 unspecified atom stereocenters. The van der Waals surface area contributed by atoms with Gasteiger partial charge in [-0.15, -0.1) is 11.3 Å². The molecule has 0 N–H and O–H groups in total. The third kappa shape index (κ3) is 3.98. The lowest BCUT2D eigenvalue weighted by atomic mass is 10.2. The number of aromatic nitrogens is 1. The van der Waals surface area contributed by atoms with E-state index in [1.807, 2.05) is 24.3 Å². The summed E-state index contributed by atoms with van der Waals surface area (Å²) in [5.74, 6) is 1.47. The van der Waals surface area contributed by atoms with Crippen LogP contribution in [0.25, 0.3) is 11.3 Å². The van der Waals surface area contributed by atoms with Gasteiger partial charge in [0, 0.05) is 22.0 Å². The highest BCUT2D eigenvalue weighted by Gasteiger charge is 2.10. The predicted molar refractivity (Wildman–Crippen MR) is 94.1 cm³/mol. The fourth-order valence-electron chi connectivity index (χ4n) is 2.12. The second kappa shape index (κ2) is 6.96. The van der Waals surface area contributed by atoms with Crippen LogP contribution in [-0.4, -0.2) is 16.9 Å². The van der Waals surface area contributed by atoms with Gasteiger partial charge in [-0.05, 0) is 59.4 Å². The molecule has 3 aromatic rings. The van der Waals surface area contributed by atoms with E-state index in [0.29, 0.717) is 17.5 Å². The van der Waals surface area contributed by atoms with Crippen molar-refractivity contribution < 1.29 is 4.42 Å². The highest BCUT2D eigenvalue weighted by molar-refractivity contribution is 9.11. The van der Waals surface area contributed by atoms with Crippen LogP contribution in [0.4, 0.5) is 0 Å². The molecule has 6 heteroatoms. The maximum absolute atomic E-state index is 5.90. The zero-order valence-corrected chi connectivity index (χ0v) is 15.1. The quantitative estimate of drug-likeness (QED) is 0.573. The lowest BCUT2D eigenvalue weighted by molar-refractivity contribution is 0.285. The number of hydrogen-bond acceptors (Lipinski definition) is 4. The minimum Gasteiger partial charge on any atom is -0.439 e. The SMILES string of the molecule is CN(Cc1ncc(-c2ccc(Cl)cc2)o1)Cc1ccc(Br)s1. The summed E-state index contributed by atoms with van der Waals surface area (Å²) < 4.78 is 6.97. The molecule has 2 aromatic heterocycles. The van der Waals surface area contributed by atoms with E-state index < -0.39 is 0 Å². The van der Waals surface area contributed by atoms with Crippen LogP contribution in [0.1, 0.15) is 10.8 Å². The first-order valence-electron chi connectivity index (χ1n) is 6.73. The molecule has 114 valence electrons. The number of thiophene rings is 1. The molecule has 3 rings (SSSR count). The molecule has 1 aromatic carbocycles. The Hall–Kier alpha value is -1.14. The maximum Gasteiger partial charge on any atom is 0.209 e. The summed E-state index contributed by atoms with van der Waals surface area (Å²) in [4.78, 5) is 7.84. The summed E-state index contributed by atoms with van der Waals surface area (Å²) in [6.07, 6.45) is 1.76. The molecule has 0 radical (unpaired) electrons. The van der Waals surface area contributed by atoms with Gasteiger partial charge >= 0.3 is 0 Å². The normalized spacial score (nSPS) is 11.3. The third-order valence-electron chi connectivity index (χ3n) is 3.14. The number of nitrogens with zero attached hydrogens (tertiary/aromatic N) is 2. The molecule has 0 spiro atoms. The van der Waals surface area contributed by atoms with Crippen molar-refractivity contribution in [2.75, 3.05) is 7.05 Å². The highest BCUT2D eigenvalue weighted by atomic mass is 79.9. The average molecular weight is 398 g/mol. The molecule has 3 nitrogen and oxygen atoms in total. The lowest BCUT2D eigenvalue weighted by Crippen LogP contribution is -2.16. The number of oxazole rings is 1. The Morgan fingerprint density at radius 1 is 1.18 bits per heavy atom. The predicted octanol–water partition coefficient (Wildman–Crippen LogP) is 5.45. The maximum atomic E-state index is 5.90. The Morgan fingerprint density at radius 2 is 1.95 bits per heavy atom. The van der Waals surface area contributed by atoms with Crippen molar-refractivity contribution in [3.8, 4) is 11.3 Å². The van der Waals surface area contributed by atoms with Crippen molar-refractivity contribution in [2.45, 2.75) is 13.1 Å². The molecule has 0 aliphatic heterocycles.